The monoisotopic (exact) mass is 664 g/mol. The van der Waals surface area contributed by atoms with Gasteiger partial charge in [-0.2, -0.15) is 4.98 Å². The molecule has 2 aromatic carbocycles. The molecule has 6 rings (SSSR count). The molecule has 4 heterocycles. The molecule has 3 aromatic heterocycles. The topological polar surface area (TPSA) is 85.7 Å². The molecule has 46 heavy (non-hydrogen) atoms. The molecule has 0 aliphatic carbocycles. The molecule has 0 N–H and O–H groups in total. The van der Waals surface area contributed by atoms with Gasteiger partial charge in [-0.3, -0.25) is 0 Å². The van der Waals surface area contributed by atoms with E-state index in [2.05, 4.69) is 19.9 Å². The molecule has 1 aliphatic heterocycles. The summed E-state index contributed by atoms with van der Waals surface area (Å²) in [5, 5.41) is 0.334. The van der Waals surface area contributed by atoms with Gasteiger partial charge < -0.3 is 24.0 Å². The number of halogens is 3. The number of anilines is 2. The summed E-state index contributed by atoms with van der Waals surface area (Å²) in [6.45, 7) is 3.45. The van der Waals surface area contributed by atoms with E-state index < -0.39 is 17.7 Å². The molecule has 0 bridgehead atoms. The zero-order valence-electron chi connectivity index (χ0n) is 25.6. The third-order valence-corrected chi connectivity index (χ3v) is 8.64. The van der Waals surface area contributed by atoms with Crippen molar-refractivity contribution in [2.45, 2.75) is 31.2 Å². The van der Waals surface area contributed by atoms with Crippen molar-refractivity contribution >= 4 is 45.9 Å². The van der Waals surface area contributed by atoms with Crippen LogP contribution in [0, 0.1) is 11.6 Å². The zero-order valence-corrected chi connectivity index (χ0v) is 27.2. The van der Waals surface area contributed by atoms with Gasteiger partial charge in [0.1, 0.15) is 46.5 Å². The van der Waals surface area contributed by atoms with Gasteiger partial charge in [0.15, 0.2) is 16.1 Å². The van der Waals surface area contributed by atoms with E-state index in [1.165, 1.54) is 24.0 Å². The number of aromatic nitrogens is 4. The summed E-state index contributed by atoms with van der Waals surface area (Å²) in [4.78, 5) is 22.0. The average molecular weight is 665 g/mol. The van der Waals surface area contributed by atoms with Crippen LogP contribution in [0.5, 0.6) is 17.4 Å². The lowest BCUT2D eigenvalue weighted by Crippen LogP contribution is -2.33. The Balaban J connectivity index is 1.46. The minimum Gasteiger partial charge on any atom is -0.497 e. The first-order valence-electron chi connectivity index (χ1n) is 14.5. The van der Waals surface area contributed by atoms with Gasteiger partial charge in [-0.15, -0.1) is 0 Å². The summed E-state index contributed by atoms with van der Waals surface area (Å²) in [7, 11) is 3.25. The molecule has 5 aromatic rings. The number of nitrogens with zero attached hydrogens (tertiary/aromatic N) is 6. The van der Waals surface area contributed by atoms with Crippen LogP contribution in [0.4, 0.5) is 20.4 Å². The molecule has 1 atom stereocenters. The second kappa shape index (κ2) is 13.5. The second-order valence-corrected chi connectivity index (χ2v) is 11.7. The number of rotatable bonds is 10. The van der Waals surface area contributed by atoms with E-state index in [0.717, 1.165) is 22.6 Å². The molecule has 9 nitrogen and oxygen atoms in total. The highest BCUT2D eigenvalue weighted by Crippen LogP contribution is 2.42. The van der Waals surface area contributed by atoms with Gasteiger partial charge in [0.05, 0.1) is 33.0 Å². The van der Waals surface area contributed by atoms with E-state index >= 15 is 8.78 Å². The Morgan fingerprint density at radius 2 is 1.61 bits per heavy atom. The molecule has 0 amide bonds. The molecule has 0 fully saturated rings. The minimum atomic E-state index is -0.754. The van der Waals surface area contributed by atoms with Crippen LogP contribution >= 0.6 is 23.4 Å². The van der Waals surface area contributed by atoms with Gasteiger partial charge >= 0.3 is 0 Å². The summed E-state index contributed by atoms with van der Waals surface area (Å²) in [6.07, 6.45) is 3.03. The van der Waals surface area contributed by atoms with Crippen molar-refractivity contribution < 1.29 is 23.0 Å². The van der Waals surface area contributed by atoms with E-state index in [9.17, 15) is 0 Å². The summed E-state index contributed by atoms with van der Waals surface area (Å²) in [6, 6.07) is 16.6. The maximum absolute atomic E-state index is 15.3. The smallest absolute Gasteiger partial charge is 0.228 e. The molecular weight excluding hydrogens is 634 g/mol. The van der Waals surface area contributed by atoms with Crippen LogP contribution in [0.3, 0.4) is 0 Å². The Bertz CT molecular complexity index is 1820. The highest BCUT2D eigenvalue weighted by Gasteiger charge is 2.31. The predicted octanol–water partition coefficient (Wildman–Crippen LogP) is 7.26. The van der Waals surface area contributed by atoms with Gasteiger partial charge in [-0.1, -0.05) is 47.6 Å². The molecular formula is C33H31ClF2N6O3S. The van der Waals surface area contributed by atoms with Crippen LogP contribution in [-0.2, 0) is 13.1 Å². The molecule has 0 unspecified atom stereocenters. The lowest BCUT2D eigenvalue weighted by molar-refractivity contribution is 0.316. The van der Waals surface area contributed by atoms with Crippen molar-refractivity contribution in [3.05, 3.63) is 94.3 Å². The van der Waals surface area contributed by atoms with Crippen molar-refractivity contribution in [2.75, 3.05) is 43.4 Å². The lowest BCUT2D eigenvalue weighted by Gasteiger charge is -2.33. The minimum absolute atomic E-state index is 0.0154. The highest BCUT2D eigenvalue weighted by atomic mass is 35.5. The Hall–Kier alpha value is -4.42. The number of benzene rings is 2. The SMILES string of the molecule is COc1ccc(CN(Cc2ccc(OC)cc2)c2ncc(F)cc2[C@@H](C)N2CCOc3nc(Cl)c(F)c4nc(SC)nc2c34)cc1. The number of hydrogen-bond donors (Lipinski definition) is 0. The maximum atomic E-state index is 15.3. The van der Waals surface area contributed by atoms with Gasteiger partial charge in [0.2, 0.25) is 5.88 Å². The lowest BCUT2D eigenvalue weighted by atomic mass is 10.0. The summed E-state index contributed by atoms with van der Waals surface area (Å²) < 4.78 is 47.0. The second-order valence-electron chi connectivity index (χ2n) is 10.6. The van der Waals surface area contributed by atoms with E-state index in [1.54, 1.807) is 20.5 Å². The Labute approximate surface area is 274 Å². The molecule has 238 valence electrons. The van der Waals surface area contributed by atoms with E-state index in [0.29, 0.717) is 47.4 Å². The Kier molecular flexibility index (Phi) is 9.27. The zero-order chi connectivity index (χ0) is 32.4. The first-order chi connectivity index (χ1) is 22.3. The fourth-order valence-electron chi connectivity index (χ4n) is 5.50. The summed E-state index contributed by atoms with van der Waals surface area (Å²) in [5.74, 6) is 1.41. The van der Waals surface area contributed by atoms with Crippen LogP contribution in [0.15, 0.2) is 66.0 Å². The molecule has 1 aliphatic rings. The normalized spacial score (nSPS) is 13.2. The summed E-state index contributed by atoms with van der Waals surface area (Å²) >= 11 is 7.39. The van der Waals surface area contributed by atoms with Crippen LogP contribution in [0.1, 0.15) is 29.7 Å². The standard InChI is InChI=1S/C33H31ClF2N6O3S/c1-19(42-13-14-45-32-26-28(27(36)29(34)39-32)38-33(46-4)40-31(26)42)25-15-22(35)16-37-30(25)41(17-20-5-9-23(43-2)10-6-20)18-21-7-11-24(44-3)12-8-21/h5-12,15-16,19H,13-14,17-18H2,1-4H3/t19-/m1/s1. The first-order valence-corrected chi connectivity index (χ1v) is 16.1. The maximum Gasteiger partial charge on any atom is 0.228 e. The highest BCUT2D eigenvalue weighted by molar-refractivity contribution is 7.98. The van der Waals surface area contributed by atoms with Crippen LogP contribution in [0.25, 0.3) is 10.9 Å². The molecule has 0 radical (unpaired) electrons. The Morgan fingerprint density at radius 1 is 0.978 bits per heavy atom. The third kappa shape index (κ3) is 6.32. The van der Waals surface area contributed by atoms with Crippen molar-refractivity contribution in [3.8, 4) is 17.4 Å². The molecule has 0 saturated carbocycles. The van der Waals surface area contributed by atoms with Gasteiger partial charge in [-0.25, -0.2) is 23.7 Å². The number of ether oxygens (including phenoxy) is 3. The van der Waals surface area contributed by atoms with E-state index in [4.69, 9.17) is 30.8 Å². The summed E-state index contributed by atoms with van der Waals surface area (Å²) in [5.41, 5.74) is 2.65. The largest absolute Gasteiger partial charge is 0.497 e. The van der Waals surface area contributed by atoms with Crippen molar-refractivity contribution in [3.63, 3.8) is 0 Å². The van der Waals surface area contributed by atoms with Crippen molar-refractivity contribution in [2.24, 2.45) is 0 Å². The van der Waals surface area contributed by atoms with E-state index in [-0.39, 0.29) is 23.2 Å². The predicted molar refractivity (Wildman–Crippen MR) is 175 cm³/mol. The van der Waals surface area contributed by atoms with Gasteiger partial charge in [-0.05, 0) is 54.6 Å². The quantitative estimate of drug-likeness (QED) is 0.0864. The van der Waals surface area contributed by atoms with Crippen LogP contribution < -0.4 is 24.0 Å². The molecule has 0 saturated heterocycles. The first kappa shape index (κ1) is 31.6. The Morgan fingerprint density at radius 3 is 2.20 bits per heavy atom. The van der Waals surface area contributed by atoms with E-state index in [1.807, 2.05) is 60.4 Å². The van der Waals surface area contributed by atoms with Gasteiger partial charge in [0, 0.05) is 18.7 Å². The number of pyridine rings is 2. The number of thioether (sulfide) groups is 1. The van der Waals surface area contributed by atoms with Crippen molar-refractivity contribution in [1.82, 2.24) is 19.9 Å². The fraction of sp³-hybridized carbons (Fsp3) is 0.273. The van der Waals surface area contributed by atoms with Crippen LogP contribution in [0.2, 0.25) is 5.15 Å². The number of methoxy groups -OCH3 is 2. The molecule has 0 spiro atoms. The number of hydrogen-bond acceptors (Lipinski definition) is 10. The average Bonchev–Trinajstić information content (AvgIpc) is 3.26. The third-order valence-electron chi connectivity index (χ3n) is 7.84. The molecule has 13 heteroatoms. The van der Waals surface area contributed by atoms with Crippen LogP contribution in [-0.4, -0.2) is 53.6 Å². The van der Waals surface area contributed by atoms with Gasteiger partial charge in [0.25, 0.3) is 0 Å². The van der Waals surface area contributed by atoms with Crippen molar-refractivity contribution in [1.29, 1.82) is 0 Å². The fourth-order valence-corrected chi connectivity index (χ4v) is 6.03.